The topological polar surface area (TPSA) is 124 Å². The van der Waals surface area contributed by atoms with E-state index in [0.29, 0.717) is 0 Å². The maximum atomic E-state index is 14.4. The lowest BCUT2D eigenvalue weighted by Crippen LogP contribution is -2.16. The number of rotatable bonds is 15. The first-order valence-corrected chi connectivity index (χ1v) is 17.9. The zero-order chi connectivity index (χ0) is 27.7. The molecule has 10 nitrogen and oxygen atoms in total. The van der Waals surface area contributed by atoms with Crippen LogP contribution in [-0.4, -0.2) is 19.8 Å². The van der Waals surface area contributed by atoms with Crippen LogP contribution in [0.2, 0.25) is 0 Å². The van der Waals surface area contributed by atoms with Crippen LogP contribution in [0.25, 0.3) is 0 Å². The third-order valence-electron chi connectivity index (χ3n) is 4.74. The smallest absolute Gasteiger partial charge is 0.305 e. The molecule has 3 aromatic carbocycles. The van der Waals surface area contributed by atoms with Gasteiger partial charge in [-0.05, 0) is 57.2 Å². The van der Waals surface area contributed by atoms with Crippen LogP contribution in [-0.2, 0) is 44.8 Å². The maximum Gasteiger partial charge on any atom is 0.497 e. The van der Waals surface area contributed by atoms with Crippen LogP contribution in [0.5, 0.6) is 0 Å². The molecule has 0 aliphatic carbocycles. The Morgan fingerprint density at radius 2 is 0.684 bits per heavy atom. The molecule has 3 atom stereocenters. The molecule has 0 spiro atoms. The van der Waals surface area contributed by atoms with Crippen molar-refractivity contribution >= 4 is 46.5 Å². The minimum absolute atomic E-state index is 0.0196. The van der Waals surface area contributed by atoms with E-state index in [0.717, 1.165) is 0 Å². The minimum Gasteiger partial charge on any atom is -0.305 e. The number of hydrogen-bond acceptors (Lipinski definition) is 10. The molecule has 0 radical (unpaired) electrons. The summed E-state index contributed by atoms with van der Waals surface area (Å²) in [6.07, 6.45) is 0. The minimum atomic E-state index is -5.33. The lowest BCUT2D eigenvalue weighted by molar-refractivity contribution is 0.213. The first kappa shape index (κ1) is 30.9. The highest BCUT2D eigenvalue weighted by Crippen LogP contribution is 2.76. The van der Waals surface area contributed by atoms with Crippen molar-refractivity contribution in [3.05, 3.63) is 91.0 Å². The Hall–Kier alpha value is -1.66. The van der Waals surface area contributed by atoms with Crippen LogP contribution in [0, 0.1) is 0 Å². The van der Waals surface area contributed by atoms with E-state index in [1.165, 1.54) is 36.4 Å². The van der Waals surface area contributed by atoms with Crippen molar-refractivity contribution in [1.82, 2.24) is 0 Å². The van der Waals surface area contributed by atoms with E-state index in [1.54, 1.807) is 75.4 Å². The molecule has 38 heavy (non-hydrogen) atoms. The van der Waals surface area contributed by atoms with E-state index in [2.05, 4.69) is 0 Å². The summed E-state index contributed by atoms with van der Waals surface area (Å²) in [7, 11) is -18.7. The zero-order valence-corrected chi connectivity index (χ0v) is 24.7. The largest absolute Gasteiger partial charge is 0.497 e. The van der Waals surface area contributed by atoms with Crippen molar-refractivity contribution in [2.45, 2.75) is 20.8 Å². The van der Waals surface area contributed by atoms with Crippen molar-refractivity contribution in [3.63, 3.8) is 0 Å². The molecule has 0 aromatic heterocycles. The third-order valence-corrected chi connectivity index (χ3v) is 14.3. The molecular weight excluding hydrogens is 572 g/mol. The highest BCUT2D eigenvalue weighted by atomic mass is 31.3. The van der Waals surface area contributed by atoms with Crippen LogP contribution in [0.1, 0.15) is 20.8 Å². The van der Waals surface area contributed by atoms with Crippen LogP contribution < -0.4 is 15.9 Å². The number of hydrogen-bond donors (Lipinski definition) is 0. The van der Waals surface area contributed by atoms with Gasteiger partial charge in [-0.2, -0.15) is 0 Å². The Balaban J connectivity index is 2.17. The number of benzene rings is 3. The average molecular weight is 602 g/mol. The van der Waals surface area contributed by atoms with Gasteiger partial charge in [0.15, 0.2) is 0 Å². The molecule has 0 bridgehead atoms. The monoisotopic (exact) mass is 602 g/mol. The summed E-state index contributed by atoms with van der Waals surface area (Å²) in [6, 6.07) is 23.0. The van der Waals surface area contributed by atoms with Crippen molar-refractivity contribution in [2.24, 2.45) is 0 Å². The summed E-state index contributed by atoms with van der Waals surface area (Å²) in [4.78, 5) is 0. The molecule has 0 aliphatic rings. The summed E-state index contributed by atoms with van der Waals surface area (Å²) in [5.41, 5.74) is 0. The second-order valence-corrected chi connectivity index (χ2v) is 15.6. The van der Waals surface area contributed by atoms with Crippen molar-refractivity contribution < 1.29 is 44.8 Å². The molecule has 0 N–H and O–H groups in total. The van der Waals surface area contributed by atoms with Crippen molar-refractivity contribution in [2.75, 3.05) is 19.8 Å². The summed E-state index contributed by atoms with van der Waals surface area (Å²) >= 11 is 0. The van der Waals surface area contributed by atoms with Gasteiger partial charge in [-0.3, -0.25) is 13.7 Å². The summed E-state index contributed by atoms with van der Waals surface area (Å²) in [5.74, 6) is 0. The summed E-state index contributed by atoms with van der Waals surface area (Å²) in [5, 5.41) is 0.0588. The molecule has 3 rings (SSSR count). The third kappa shape index (κ3) is 7.71. The Morgan fingerprint density at radius 1 is 0.447 bits per heavy atom. The van der Waals surface area contributed by atoms with Gasteiger partial charge in [-0.1, -0.05) is 54.6 Å². The predicted octanol–water partition coefficient (Wildman–Crippen LogP) is 6.81. The zero-order valence-electron chi connectivity index (χ0n) is 21.2. The summed E-state index contributed by atoms with van der Waals surface area (Å²) in [6.45, 7) is 4.31. The molecule has 3 unspecified atom stereocenters. The van der Waals surface area contributed by atoms with Gasteiger partial charge in [0.05, 0.1) is 35.7 Å². The van der Waals surface area contributed by atoms with E-state index in [1.807, 2.05) is 0 Å². The lowest BCUT2D eigenvalue weighted by atomic mass is 10.4. The van der Waals surface area contributed by atoms with Gasteiger partial charge in [-0.15, -0.1) is 0 Å². The molecule has 0 saturated carbocycles. The van der Waals surface area contributed by atoms with Gasteiger partial charge >= 0.3 is 30.6 Å². The van der Waals surface area contributed by atoms with Gasteiger partial charge in [0.1, 0.15) is 0 Å². The normalized spacial score (nSPS) is 18.0. The SMILES string of the molecule is CCOP(=O)(OP(=O)(OP(=O)(OCC)c1ccccc1)OP(=O)(OCC)c1ccccc1)c1ccccc1. The molecule has 3 aromatic rings. The van der Waals surface area contributed by atoms with Gasteiger partial charge < -0.3 is 13.6 Å². The Kier molecular flexibility index (Phi) is 11.1. The van der Waals surface area contributed by atoms with Crippen molar-refractivity contribution in [1.29, 1.82) is 0 Å². The molecule has 0 heterocycles. The van der Waals surface area contributed by atoms with E-state index in [-0.39, 0.29) is 35.7 Å². The fraction of sp³-hybridized carbons (Fsp3) is 0.250. The predicted molar refractivity (Wildman–Crippen MR) is 147 cm³/mol. The highest BCUT2D eigenvalue weighted by molar-refractivity contribution is 7.79. The first-order valence-electron chi connectivity index (χ1n) is 11.8. The lowest BCUT2D eigenvalue weighted by Gasteiger charge is -2.28. The molecule has 0 fully saturated rings. The van der Waals surface area contributed by atoms with Gasteiger partial charge in [-0.25, -0.2) is 17.5 Å². The molecule has 0 aliphatic heterocycles. The quantitative estimate of drug-likeness (QED) is 0.171. The Bertz CT molecular complexity index is 1190. The molecule has 0 amide bonds. The Labute approximate surface area is 222 Å². The highest BCUT2D eigenvalue weighted by Gasteiger charge is 2.51. The fourth-order valence-electron chi connectivity index (χ4n) is 3.22. The van der Waals surface area contributed by atoms with E-state index < -0.39 is 30.6 Å². The van der Waals surface area contributed by atoms with Gasteiger partial charge in [0.2, 0.25) is 0 Å². The standard InChI is InChI=1S/C24H30O10P4/c1-4-29-35(25,22-16-10-7-11-17-22)32-38(28,33-36(26,30-5-2)23-18-12-8-13-19-23)34-37(27,31-6-3)24-20-14-9-15-21-24/h7-21H,4-6H2,1-3H3. The van der Waals surface area contributed by atoms with Gasteiger partial charge in [0, 0.05) is 0 Å². The molecule has 14 heteroatoms. The van der Waals surface area contributed by atoms with Crippen LogP contribution >= 0.6 is 30.6 Å². The van der Waals surface area contributed by atoms with E-state index in [4.69, 9.17) is 26.5 Å². The maximum absolute atomic E-state index is 14.4. The van der Waals surface area contributed by atoms with E-state index >= 15 is 0 Å². The van der Waals surface area contributed by atoms with Gasteiger partial charge in [0.25, 0.3) is 0 Å². The molecule has 206 valence electrons. The second kappa shape index (κ2) is 13.6. The Morgan fingerprint density at radius 3 is 0.895 bits per heavy atom. The van der Waals surface area contributed by atoms with Crippen LogP contribution in [0.15, 0.2) is 91.0 Å². The molecule has 0 saturated heterocycles. The number of phosphoric acid groups is 1. The first-order chi connectivity index (χ1) is 18.1. The summed E-state index contributed by atoms with van der Waals surface area (Å²) < 4.78 is 89.0. The van der Waals surface area contributed by atoms with E-state index in [9.17, 15) is 18.3 Å². The van der Waals surface area contributed by atoms with Crippen molar-refractivity contribution in [3.8, 4) is 0 Å². The molecular formula is C24H30O10P4. The fourth-order valence-corrected chi connectivity index (χ4v) is 12.3. The van der Waals surface area contributed by atoms with Crippen LogP contribution in [0.3, 0.4) is 0 Å². The average Bonchev–Trinajstić information content (AvgIpc) is 2.90. The van der Waals surface area contributed by atoms with Crippen LogP contribution in [0.4, 0.5) is 0 Å². The second-order valence-electron chi connectivity index (χ2n) is 7.44.